The molecular weight excluding hydrogens is 262 g/mol. The molecule has 0 spiro atoms. The third kappa shape index (κ3) is 3.04. The SMILES string of the molecule is CN(N=O)C(=O)NC1C(=O)[C@H](O)C(CO)O[C@]1(C)O. The number of carbonyl (C=O) groups excluding carboxylic acids is 2. The number of carbonyl (C=O) groups is 2. The third-order valence-electron chi connectivity index (χ3n) is 2.72. The first-order valence-corrected chi connectivity index (χ1v) is 5.35. The predicted octanol–water partition coefficient (Wildman–Crippen LogP) is -2.29. The molecule has 108 valence electrons. The maximum atomic E-state index is 11.8. The van der Waals surface area contributed by atoms with Crippen molar-refractivity contribution in [3.63, 3.8) is 0 Å². The summed E-state index contributed by atoms with van der Waals surface area (Å²) in [4.78, 5) is 33.4. The smallest absolute Gasteiger partial charge is 0.340 e. The molecule has 1 saturated heterocycles. The summed E-state index contributed by atoms with van der Waals surface area (Å²) in [6, 6.07) is -2.64. The van der Waals surface area contributed by atoms with E-state index in [1.54, 1.807) is 0 Å². The van der Waals surface area contributed by atoms with Crippen LogP contribution in [0.5, 0.6) is 0 Å². The third-order valence-corrected chi connectivity index (χ3v) is 2.72. The highest BCUT2D eigenvalue weighted by Crippen LogP contribution is 2.25. The summed E-state index contributed by atoms with van der Waals surface area (Å²) in [6.07, 6.45) is -3.00. The van der Waals surface area contributed by atoms with Crippen molar-refractivity contribution >= 4 is 11.8 Å². The average Bonchev–Trinajstić information content (AvgIpc) is 2.37. The number of nitrogens with one attached hydrogen (secondary N) is 1. The number of amides is 2. The van der Waals surface area contributed by atoms with E-state index in [1.807, 2.05) is 5.32 Å². The van der Waals surface area contributed by atoms with Gasteiger partial charge in [-0.2, -0.15) is 5.01 Å². The van der Waals surface area contributed by atoms with E-state index in [9.17, 15) is 24.7 Å². The van der Waals surface area contributed by atoms with Crippen molar-refractivity contribution in [2.45, 2.75) is 31.0 Å². The molecule has 4 N–H and O–H groups in total. The van der Waals surface area contributed by atoms with Gasteiger partial charge < -0.3 is 25.4 Å². The number of hydrogen-bond acceptors (Lipinski definition) is 8. The van der Waals surface area contributed by atoms with Crippen LogP contribution >= 0.6 is 0 Å². The number of nitrogens with zero attached hydrogens (tertiary/aromatic N) is 2. The van der Waals surface area contributed by atoms with Crippen LogP contribution in [0.15, 0.2) is 5.29 Å². The normalized spacial score (nSPS) is 34.8. The van der Waals surface area contributed by atoms with Crippen LogP contribution in [0.4, 0.5) is 4.79 Å². The van der Waals surface area contributed by atoms with Crippen molar-refractivity contribution in [2.75, 3.05) is 13.7 Å². The van der Waals surface area contributed by atoms with Crippen molar-refractivity contribution in [1.29, 1.82) is 0 Å². The number of nitroso groups, excluding NO2 is 1. The summed E-state index contributed by atoms with van der Waals surface area (Å²) in [5, 5.41) is 33.1. The van der Waals surface area contributed by atoms with Crippen LogP contribution in [0.3, 0.4) is 0 Å². The van der Waals surface area contributed by atoms with Gasteiger partial charge in [0.2, 0.25) is 0 Å². The van der Waals surface area contributed by atoms with Crippen LogP contribution in [-0.2, 0) is 9.53 Å². The van der Waals surface area contributed by atoms with Crippen molar-refractivity contribution in [2.24, 2.45) is 5.29 Å². The molecule has 1 heterocycles. The van der Waals surface area contributed by atoms with Crippen molar-refractivity contribution in [3.8, 4) is 0 Å². The van der Waals surface area contributed by atoms with E-state index in [-0.39, 0.29) is 0 Å². The van der Waals surface area contributed by atoms with Crippen LogP contribution in [0.1, 0.15) is 6.92 Å². The van der Waals surface area contributed by atoms with E-state index in [1.165, 1.54) is 0 Å². The maximum absolute atomic E-state index is 11.8. The van der Waals surface area contributed by atoms with Crippen LogP contribution in [0.25, 0.3) is 0 Å². The Hall–Kier alpha value is -1.62. The number of aliphatic hydroxyl groups is 3. The lowest BCUT2D eigenvalue weighted by molar-refractivity contribution is -0.270. The van der Waals surface area contributed by atoms with Crippen LogP contribution in [0.2, 0.25) is 0 Å². The summed E-state index contributed by atoms with van der Waals surface area (Å²) < 4.78 is 4.93. The van der Waals surface area contributed by atoms with E-state index >= 15 is 0 Å². The van der Waals surface area contributed by atoms with Gasteiger partial charge in [0, 0.05) is 7.05 Å². The standard InChI is InChI=1S/C9H15N3O7/c1-9(17)7(10-8(16)12(2)11-18)6(15)5(14)4(3-13)19-9/h4-5,7,13-14,17H,3H2,1-2H3,(H,10,16)/t4?,5-,7?,9+/m1/s1. The number of urea groups is 1. The summed E-state index contributed by atoms with van der Waals surface area (Å²) in [7, 11) is 1.04. The second-order valence-electron chi connectivity index (χ2n) is 4.23. The van der Waals surface area contributed by atoms with Gasteiger partial charge in [-0.15, -0.1) is 4.91 Å². The summed E-state index contributed by atoms with van der Waals surface area (Å²) in [5.74, 6) is -3.08. The Morgan fingerprint density at radius 1 is 1.63 bits per heavy atom. The fraction of sp³-hybridized carbons (Fsp3) is 0.778. The van der Waals surface area contributed by atoms with Gasteiger partial charge in [-0.05, 0) is 6.92 Å². The lowest BCUT2D eigenvalue weighted by atomic mass is 9.93. The zero-order valence-electron chi connectivity index (χ0n) is 10.3. The maximum Gasteiger partial charge on any atom is 0.340 e. The highest BCUT2D eigenvalue weighted by atomic mass is 16.6. The molecular formula is C9H15N3O7. The largest absolute Gasteiger partial charge is 0.394 e. The van der Waals surface area contributed by atoms with E-state index < -0.39 is 42.5 Å². The molecule has 10 nitrogen and oxygen atoms in total. The Morgan fingerprint density at radius 3 is 2.68 bits per heavy atom. The van der Waals surface area contributed by atoms with E-state index in [2.05, 4.69) is 5.29 Å². The number of ketones is 1. The fourth-order valence-corrected chi connectivity index (χ4v) is 1.65. The van der Waals surface area contributed by atoms with Crippen LogP contribution in [0, 0.1) is 4.91 Å². The molecule has 0 aromatic heterocycles. The molecule has 2 unspecified atom stereocenters. The molecule has 2 amide bonds. The molecule has 10 heteroatoms. The topological polar surface area (TPSA) is 149 Å². The highest BCUT2D eigenvalue weighted by Gasteiger charge is 2.51. The first-order chi connectivity index (χ1) is 8.74. The van der Waals surface area contributed by atoms with Gasteiger partial charge in [0.05, 0.1) is 11.9 Å². The zero-order chi connectivity index (χ0) is 14.8. The number of aliphatic hydroxyl groups excluding tert-OH is 2. The molecule has 0 aromatic carbocycles. The summed E-state index contributed by atoms with van der Waals surface area (Å²) >= 11 is 0. The minimum absolute atomic E-state index is 0.369. The lowest BCUT2D eigenvalue weighted by Gasteiger charge is -2.41. The van der Waals surface area contributed by atoms with Gasteiger partial charge in [0.1, 0.15) is 18.2 Å². The zero-order valence-corrected chi connectivity index (χ0v) is 10.3. The van der Waals surface area contributed by atoms with E-state index in [0.717, 1.165) is 14.0 Å². The lowest BCUT2D eigenvalue weighted by Crippen LogP contribution is -2.68. The predicted molar refractivity (Wildman–Crippen MR) is 59.5 cm³/mol. The van der Waals surface area contributed by atoms with Gasteiger partial charge in [0.25, 0.3) is 0 Å². The van der Waals surface area contributed by atoms with E-state index in [0.29, 0.717) is 5.01 Å². The monoisotopic (exact) mass is 277 g/mol. The summed E-state index contributed by atoms with van der Waals surface area (Å²) in [6.45, 7) is 0.401. The number of Topliss-reactive ketones (excluding diaryl/α,β-unsaturated/α-hetero) is 1. The van der Waals surface area contributed by atoms with Crippen LogP contribution < -0.4 is 5.32 Å². The molecule has 0 aliphatic carbocycles. The molecule has 1 rings (SSSR count). The van der Waals surface area contributed by atoms with Gasteiger partial charge in [-0.1, -0.05) is 0 Å². The van der Waals surface area contributed by atoms with Gasteiger partial charge in [-0.25, -0.2) is 4.79 Å². The summed E-state index contributed by atoms with van der Waals surface area (Å²) in [5.41, 5.74) is 0. The molecule has 4 atom stereocenters. The van der Waals surface area contributed by atoms with E-state index in [4.69, 9.17) is 9.84 Å². The Labute approximate surface area is 107 Å². The molecule has 1 fully saturated rings. The van der Waals surface area contributed by atoms with Crippen molar-refractivity contribution in [1.82, 2.24) is 10.3 Å². The minimum atomic E-state index is -2.14. The quantitative estimate of drug-likeness (QED) is 0.335. The number of ether oxygens (including phenoxy) is 1. The average molecular weight is 277 g/mol. The minimum Gasteiger partial charge on any atom is -0.394 e. The Morgan fingerprint density at radius 2 is 2.21 bits per heavy atom. The molecule has 1 aliphatic heterocycles. The fourth-order valence-electron chi connectivity index (χ4n) is 1.65. The van der Waals surface area contributed by atoms with Gasteiger partial charge in [-0.3, -0.25) is 4.79 Å². The highest BCUT2D eigenvalue weighted by molar-refractivity contribution is 5.93. The molecule has 0 bridgehead atoms. The first-order valence-electron chi connectivity index (χ1n) is 5.35. The van der Waals surface area contributed by atoms with Crippen molar-refractivity contribution < 1.29 is 29.6 Å². The van der Waals surface area contributed by atoms with Gasteiger partial charge in [0.15, 0.2) is 11.6 Å². The second-order valence-corrected chi connectivity index (χ2v) is 4.23. The van der Waals surface area contributed by atoms with Crippen molar-refractivity contribution in [3.05, 3.63) is 4.91 Å². The Bertz CT molecular complexity index is 386. The first kappa shape index (κ1) is 15.4. The second kappa shape index (κ2) is 5.57. The molecule has 1 aliphatic rings. The molecule has 0 radical (unpaired) electrons. The molecule has 0 aromatic rings. The van der Waals surface area contributed by atoms with Gasteiger partial charge >= 0.3 is 6.03 Å². The molecule has 0 saturated carbocycles. The molecule has 19 heavy (non-hydrogen) atoms. The Balaban J connectivity index is 2.90. The number of rotatable bonds is 3. The van der Waals surface area contributed by atoms with Crippen LogP contribution in [-0.4, -0.2) is 69.8 Å². The number of hydrogen-bond donors (Lipinski definition) is 4. The Kier molecular flexibility index (Phi) is 4.52.